The first-order valence-corrected chi connectivity index (χ1v) is 8.27. The standard InChI is InChI=1S/C12H21N3S2/c1-8(2)13-6-10-7-14-12(15-10)11-9(3)16-4-5-17-11/h7-9,11,13H,4-6H2,1-3H3,(H,14,15). The third kappa shape index (κ3) is 3.66. The minimum absolute atomic E-state index is 0.514. The summed E-state index contributed by atoms with van der Waals surface area (Å²) in [5.74, 6) is 3.65. The summed E-state index contributed by atoms with van der Waals surface area (Å²) >= 11 is 4.08. The van der Waals surface area contributed by atoms with Gasteiger partial charge in [0.1, 0.15) is 5.82 Å². The molecule has 2 heterocycles. The van der Waals surface area contributed by atoms with E-state index in [9.17, 15) is 0 Å². The largest absolute Gasteiger partial charge is 0.344 e. The number of hydrogen-bond acceptors (Lipinski definition) is 4. The normalized spacial score (nSPS) is 25.4. The summed E-state index contributed by atoms with van der Waals surface area (Å²) in [5.41, 5.74) is 1.19. The number of imidazole rings is 1. The molecule has 1 aliphatic rings. The number of aromatic nitrogens is 2. The lowest BCUT2D eigenvalue weighted by Gasteiger charge is -2.26. The fourth-order valence-electron chi connectivity index (χ4n) is 1.86. The van der Waals surface area contributed by atoms with Crippen molar-refractivity contribution < 1.29 is 0 Å². The highest BCUT2D eigenvalue weighted by molar-refractivity contribution is 8.06. The first kappa shape index (κ1) is 13.3. The Balaban J connectivity index is 1.97. The monoisotopic (exact) mass is 271 g/mol. The SMILES string of the molecule is CC(C)NCc1cnc(C2SCCSC2C)[nH]1. The highest BCUT2D eigenvalue weighted by atomic mass is 32.2. The summed E-state index contributed by atoms with van der Waals surface area (Å²) in [6.07, 6.45) is 1.97. The highest BCUT2D eigenvalue weighted by Gasteiger charge is 2.26. The number of aromatic amines is 1. The average Bonchev–Trinajstić information content (AvgIpc) is 2.75. The van der Waals surface area contributed by atoms with Crippen LogP contribution in [-0.4, -0.2) is 32.8 Å². The van der Waals surface area contributed by atoms with E-state index in [2.05, 4.69) is 47.8 Å². The van der Waals surface area contributed by atoms with Crippen LogP contribution in [0.3, 0.4) is 0 Å². The van der Waals surface area contributed by atoms with E-state index < -0.39 is 0 Å². The summed E-state index contributed by atoms with van der Waals surface area (Å²) in [4.78, 5) is 8.00. The minimum atomic E-state index is 0.514. The van der Waals surface area contributed by atoms with Gasteiger partial charge in [-0.05, 0) is 0 Å². The fourth-order valence-corrected chi connectivity index (χ4v) is 4.58. The molecule has 1 saturated heterocycles. The Morgan fingerprint density at radius 2 is 2.24 bits per heavy atom. The molecule has 1 aromatic rings. The summed E-state index contributed by atoms with van der Waals surface area (Å²) in [6, 6.07) is 0.514. The van der Waals surface area contributed by atoms with Gasteiger partial charge in [0.15, 0.2) is 0 Å². The quantitative estimate of drug-likeness (QED) is 0.883. The van der Waals surface area contributed by atoms with Crippen LogP contribution in [0.1, 0.15) is 37.5 Å². The van der Waals surface area contributed by atoms with Crippen molar-refractivity contribution in [1.82, 2.24) is 15.3 Å². The first-order valence-electron chi connectivity index (χ1n) is 6.17. The zero-order valence-electron chi connectivity index (χ0n) is 10.7. The summed E-state index contributed by atoms with van der Waals surface area (Å²) in [7, 11) is 0. The van der Waals surface area contributed by atoms with E-state index in [1.165, 1.54) is 17.2 Å². The highest BCUT2D eigenvalue weighted by Crippen LogP contribution is 2.40. The Kier molecular flexibility index (Phi) is 4.82. The van der Waals surface area contributed by atoms with Gasteiger partial charge in [0.05, 0.1) is 5.25 Å². The molecule has 1 aromatic heterocycles. The van der Waals surface area contributed by atoms with Crippen molar-refractivity contribution in [2.45, 2.75) is 43.9 Å². The molecule has 3 nitrogen and oxygen atoms in total. The lowest BCUT2D eigenvalue weighted by atomic mass is 10.3. The zero-order chi connectivity index (χ0) is 12.3. The predicted octanol–water partition coefficient (Wildman–Crippen LogP) is 2.82. The smallest absolute Gasteiger partial charge is 0.120 e. The molecule has 0 amide bonds. The predicted molar refractivity (Wildman–Crippen MR) is 77.7 cm³/mol. The molecule has 0 aromatic carbocycles. The van der Waals surface area contributed by atoms with Gasteiger partial charge in [0.2, 0.25) is 0 Å². The minimum Gasteiger partial charge on any atom is -0.344 e. The average molecular weight is 271 g/mol. The van der Waals surface area contributed by atoms with Crippen molar-refractivity contribution in [2.75, 3.05) is 11.5 Å². The van der Waals surface area contributed by atoms with E-state index in [0.29, 0.717) is 16.5 Å². The van der Waals surface area contributed by atoms with Crippen LogP contribution in [0.15, 0.2) is 6.20 Å². The van der Waals surface area contributed by atoms with Crippen molar-refractivity contribution in [2.24, 2.45) is 0 Å². The van der Waals surface area contributed by atoms with Crippen molar-refractivity contribution in [3.05, 3.63) is 17.7 Å². The van der Waals surface area contributed by atoms with E-state index in [1.807, 2.05) is 18.0 Å². The van der Waals surface area contributed by atoms with Gasteiger partial charge >= 0.3 is 0 Å². The molecule has 0 aliphatic carbocycles. The Morgan fingerprint density at radius 3 is 2.94 bits per heavy atom. The van der Waals surface area contributed by atoms with Crippen LogP contribution in [0.25, 0.3) is 0 Å². The molecule has 0 bridgehead atoms. The second kappa shape index (κ2) is 6.16. The van der Waals surface area contributed by atoms with Crippen molar-refractivity contribution in [1.29, 1.82) is 0 Å². The molecular weight excluding hydrogens is 250 g/mol. The van der Waals surface area contributed by atoms with Crippen molar-refractivity contribution >= 4 is 23.5 Å². The Morgan fingerprint density at radius 1 is 1.47 bits per heavy atom. The first-order chi connectivity index (χ1) is 8.16. The third-order valence-electron chi connectivity index (χ3n) is 2.81. The molecule has 1 aliphatic heterocycles. The third-order valence-corrected chi connectivity index (χ3v) is 5.91. The van der Waals surface area contributed by atoms with Gasteiger partial charge in [-0.1, -0.05) is 20.8 Å². The molecule has 2 unspecified atom stereocenters. The van der Waals surface area contributed by atoms with Crippen LogP contribution in [-0.2, 0) is 6.54 Å². The maximum Gasteiger partial charge on any atom is 0.120 e. The Labute approximate surface area is 112 Å². The second-order valence-corrected chi connectivity index (χ2v) is 7.43. The van der Waals surface area contributed by atoms with Crippen molar-refractivity contribution in [3.8, 4) is 0 Å². The van der Waals surface area contributed by atoms with E-state index in [1.54, 1.807) is 0 Å². The summed E-state index contributed by atoms with van der Waals surface area (Å²) in [6.45, 7) is 7.50. The molecule has 2 atom stereocenters. The van der Waals surface area contributed by atoms with Crippen LogP contribution >= 0.6 is 23.5 Å². The van der Waals surface area contributed by atoms with E-state index in [4.69, 9.17) is 0 Å². The molecule has 0 radical (unpaired) electrons. The maximum absolute atomic E-state index is 4.54. The fraction of sp³-hybridized carbons (Fsp3) is 0.750. The molecule has 0 spiro atoms. The van der Waals surface area contributed by atoms with Crippen LogP contribution in [0.5, 0.6) is 0 Å². The van der Waals surface area contributed by atoms with E-state index in [0.717, 1.165) is 12.4 Å². The lowest BCUT2D eigenvalue weighted by molar-refractivity contribution is 0.582. The zero-order valence-corrected chi connectivity index (χ0v) is 12.3. The topological polar surface area (TPSA) is 40.7 Å². The van der Waals surface area contributed by atoms with Gasteiger partial charge in [-0.15, -0.1) is 11.8 Å². The van der Waals surface area contributed by atoms with Gasteiger partial charge in [0.25, 0.3) is 0 Å². The number of nitrogens with one attached hydrogen (secondary N) is 2. The van der Waals surface area contributed by atoms with Gasteiger partial charge in [-0.25, -0.2) is 4.98 Å². The van der Waals surface area contributed by atoms with Crippen molar-refractivity contribution in [3.63, 3.8) is 0 Å². The molecule has 96 valence electrons. The number of thioether (sulfide) groups is 2. The molecule has 0 saturated carbocycles. The van der Waals surface area contributed by atoms with Crippen LogP contribution in [0.4, 0.5) is 0 Å². The number of hydrogen-bond donors (Lipinski definition) is 2. The lowest BCUT2D eigenvalue weighted by Crippen LogP contribution is -2.22. The molecule has 2 N–H and O–H groups in total. The van der Waals surface area contributed by atoms with E-state index in [-0.39, 0.29) is 0 Å². The molecule has 2 rings (SSSR count). The van der Waals surface area contributed by atoms with Gasteiger partial charge in [-0.3, -0.25) is 0 Å². The van der Waals surface area contributed by atoms with E-state index >= 15 is 0 Å². The molecule has 17 heavy (non-hydrogen) atoms. The summed E-state index contributed by atoms with van der Waals surface area (Å²) < 4.78 is 0. The van der Waals surface area contributed by atoms with Gasteiger partial charge in [-0.2, -0.15) is 11.8 Å². The molecular formula is C12H21N3S2. The number of H-pyrrole nitrogens is 1. The van der Waals surface area contributed by atoms with Crippen LogP contribution in [0, 0.1) is 0 Å². The molecule has 5 heteroatoms. The van der Waals surface area contributed by atoms with Gasteiger partial charge in [0, 0.05) is 41.2 Å². The number of rotatable bonds is 4. The van der Waals surface area contributed by atoms with Gasteiger partial charge < -0.3 is 10.3 Å². The second-order valence-electron chi connectivity index (χ2n) is 4.70. The molecule has 1 fully saturated rings. The number of nitrogens with zero attached hydrogens (tertiary/aromatic N) is 1. The Hall–Kier alpha value is -0.130. The summed E-state index contributed by atoms with van der Waals surface area (Å²) in [5, 5.41) is 4.59. The Bertz CT molecular complexity index is 351. The van der Waals surface area contributed by atoms with Crippen LogP contribution in [0.2, 0.25) is 0 Å². The maximum atomic E-state index is 4.54. The van der Waals surface area contributed by atoms with Crippen LogP contribution < -0.4 is 5.32 Å².